The molecule has 5 fully saturated rings. The largest absolute Gasteiger partial charge is 0.365 e. The number of carbonyl (C=O) groups is 2. The van der Waals surface area contributed by atoms with E-state index in [2.05, 4.69) is 13.8 Å². The van der Waals surface area contributed by atoms with Crippen LogP contribution in [-0.4, -0.2) is 23.3 Å². The molecule has 4 saturated carbocycles. The molecule has 5 rings (SSSR count). The second-order valence-corrected chi connectivity index (χ2v) is 10.0. The van der Waals surface area contributed by atoms with E-state index in [9.17, 15) is 9.59 Å². The quantitative estimate of drug-likeness (QED) is 0.684. The van der Waals surface area contributed by atoms with E-state index in [-0.39, 0.29) is 22.3 Å². The Morgan fingerprint density at radius 2 is 1.92 bits per heavy atom. The van der Waals surface area contributed by atoms with Gasteiger partial charge in [0.1, 0.15) is 17.2 Å². The third-order valence-corrected chi connectivity index (χ3v) is 9.40. The first-order valence-electron chi connectivity index (χ1n) is 10.0. The highest BCUT2D eigenvalue weighted by Gasteiger charge is 2.76. The van der Waals surface area contributed by atoms with Crippen molar-refractivity contribution in [3.8, 4) is 0 Å². The van der Waals surface area contributed by atoms with Crippen molar-refractivity contribution in [1.29, 1.82) is 0 Å². The van der Waals surface area contributed by atoms with Gasteiger partial charge in [-0.25, -0.2) is 0 Å². The zero-order chi connectivity index (χ0) is 16.9. The van der Waals surface area contributed by atoms with Crippen LogP contribution in [0.3, 0.4) is 0 Å². The van der Waals surface area contributed by atoms with E-state index >= 15 is 0 Å². The van der Waals surface area contributed by atoms with Gasteiger partial charge in [-0.3, -0.25) is 9.59 Å². The van der Waals surface area contributed by atoms with Gasteiger partial charge in [0.05, 0.1) is 6.10 Å². The minimum absolute atomic E-state index is 0.115. The molecule has 0 amide bonds. The molecule has 0 N–H and O–H groups in total. The fourth-order valence-electron chi connectivity index (χ4n) is 8.13. The van der Waals surface area contributed by atoms with E-state index in [0.29, 0.717) is 41.8 Å². The minimum atomic E-state index is -0.115. The lowest BCUT2D eigenvalue weighted by Gasteiger charge is -2.58. The third-order valence-electron chi connectivity index (χ3n) is 9.40. The number of carbonyl (C=O) groups excluding carboxylic acids is 2. The van der Waals surface area contributed by atoms with Crippen LogP contribution in [-0.2, 0) is 14.3 Å². The van der Waals surface area contributed by atoms with Gasteiger partial charge in [-0.15, -0.1) is 0 Å². The molecule has 0 aromatic heterocycles. The number of hydrogen-bond donors (Lipinski definition) is 0. The van der Waals surface area contributed by atoms with Gasteiger partial charge in [0, 0.05) is 24.2 Å². The summed E-state index contributed by atoms with van der Waals surface area (Å²) in [5.74, 6) is 3.16. The van der Waals surface area contributed by atoms with E-state index in [1.807, 2.05) is 0 Å². The zero-order valence-corrected chi connectivity index (χ0v) is 15.3. The Morgan fingerprint density at radius 1 is 1.12 bits per heavy atom. The Labute approximate surface area is 144 Å². The van der Waals surface area contributed by atoms with Crippen LogP contribution in [0.25, 0.3) is 0 Å². The molecule has 1 heterocycles. The summed E-state index contributed by atoms with van der Waals surface area (Å²) in [6, 6.07) is 0. The maximum atomic E-state index is 12.2. The van der Waals surface area contributed by atoms with Crippen LogP contribution in [0.5, 0.6) is 0 Å². The Bertz CT molecular complexity index is 627. The van der Waals surface area contributed by atoms with Gasteiger partial charge in [-0.05, 0) is 68.6 Å². The normalized spacial score (nSPS) is 58.3. The molecule has 3 nitrogen and oxygen atoms in total. The summed E-state index contributed by atoms with van der Waals surface area (Å²) in [6.07, 6.45) is 8.60. The van der Waals surface area contributed by atoms with Crippen molar-refractivity contribution in [2.75, 3.05) is 0 Å². The molecule has 0 aromatic rings. The van der Waals surface area contributed by atoms with Crippen LogP contribution in [0.15, 0.2) is 0 Å². The SMILES string of the molecule is CC(=O)[C@H]1CC[C@H]2[C@@H]3C[C@@H]4O[C@@]45CC(=O)CC[C@]5(C)[C@H]3CC[C@]12C. The van der Waals surface area contributed by atoms with Crippen LogP contribution < -0.4 is 0 Å². The summed E-state index contributed by atoms with van der Waals surface area (Å²) in [5, 5.41) is 0. The molecule has 0 radical (unpaired) electrons. The van der Waals surface area contributed by atoms with Gasteiger partial charge in [-0.1, -0.05) is 13.8 Å². The Morgan fingerprint density at radius 3 is 2.67 bits per heavy atom. The molecule has 4 aliphatic carbocycles. The summed E-state index contributed by atoms with van der Waals surface area (Å²) in [5.41, 5.74) is 0.280. The van der Waals surface area contributed by atoms with Gasteiger partial charge in [0.15, 0.2) is 0 Å². The summed E-state index contributed by atoms with van der Waals surface area (Å²) in [7, 11) is 0. The van der Waals surface area contributed by atoms with E-state index in [0.717, 1.165) is 25.7 Å². The predicted octanol–water partition coefficient (Wildman–Crippen LogP) is 3.93. The lowest BCUT2D eigenvalue weighted by molar-refractivity contribution is -0.139. The maximum Gasteiger partial charge on any atom is 0.135 e. The maximum absolute atomic E-state index is 12.2. The first-order valence-corrected chi connectivity index (χ1v) is 10.0. The monoisotopic (exact) mass is 330 g/mol. The number of fused-ring (bicyclic) bond motifs is 4. The molecule has 3 heteroatoms. The molecule has 8 atom stereocenters. The summed E-state index contributed by atoms with van der Waals surface area (Å²) >= 11 is 0. The van der Waals surface area contributed by atoms with E-state index in [4.69, 9.17) is 4.74 Å². The summed E-state index contributed by atoms with van der Waals surface area (Å²) in [6.45, 7) is 6.62. The fraction of sp³-hybridized carbons (Fsp3) is 0.905. The van der Waals surface area contributed by atoms with E-state index < -0.39 is 0 Å². The van der Waals surface area contributed by atoms with Crippen LogP contribution >= 0.6 is 0 Å². The Kier molecular flexibility index (Phi) is 2.93. The van der Waals surface area contributed by atoms with Crippen molar-refractivity contribution < 1.29 is 14.3 Å². The van der Waals surface area contributed by atoms with Crippen LogP contribution in [0, 0.1) is 34.5 Å². The van der Waals surface area contributed by atoms with E-state index in [1.54, 1.807) is 6.92 Å². The van der Waals surface area contributed by atoms with Gasteiger partial charge in [-0.2, -0.15) is 0 Å². The summed E-state index contributed by atoms with van der Waals surface area (Å²) < 4.78 is 6.30. The highest BCUT2D eigenvalue weighted by Crippen LogP contribution is 2.73. The molecule has 24 heavy (non-hydrogen) atoms. The lowest BCUT2D eigenvalue weighted by atomic mass is 9.44. The summed E-state index contributed by atoms with van der Waals surface area (Å²) in [4.78, 5) is 24.3. The second kappa shape index (κ2) is 4.52. The smallest absolute Gasteiger partial charge is 0.135 e. The number of rotatable bonds is 1. The predicted molar refractivity (Wildman–Crippen MR) is 90.4 cm³/mol. The first-order chi connectivity index (χ1) is 11.3. The Balaban J connectivity index is 1.50. The van der Waals surface area contributed by atoms with Gasteiger partial charge < -0.3 is 4.74 Å². The number of ether oxygens (including phenoxy) is 1. The molecular formula is C21H30O3. The average molecular weight is 330 g/mol. The first kappa shape index (κ1) is 15.5. The van der Waals surface area contributed by atoms with E-state index in [1.165, 1.54) is 19.3 Å². The molecule has 0 aromatic carbocycles. The number of ketones is 2. The van der Waals surface area contributed by atoms with Gasteiger partial charge in [0.25, 0.3) is 0 Å². The van der Waals surface area contributed by atoms with Crippen LogP contribution in [0.1, 0.15) is 72.1 Å². The van der Waals surface area contributed by atoms with Crippen molar-refractivity contribution in [2.24, 2.45) is 34.5 Å². The fourth-order valence-corrected chi connectivity index (χ4v) is 8.13. The van der Waals surface area contributed by atoms with Crippen LogP contribution in [0.4, 0.5) is 0 Å². The average Bonchev–Trinajstić information content (AvgIpc) is 3.08. The molecule has 0 bridgehead atoms. The van der Waals surface area contributed by atoms with Crippen molar-refractivity contribution in [3.05, 3.63) is 0 Å². The van der Waals surface area contributed by atoms with Crippen LogP contribution in [0.2, 0.25) is 0 Å². The molecule has 132 valence electrons. The number of hydrogen-bond acceptors (Lipinski definition) is 3. The third kappa shape index (κ3) is 1.63. The van der Waals surface area contributed by atoms with Gasteiger partial charge in [0.2, 0.25) is 0 Å². The topological polar surface area (TPSA) is 46.7 Å². The highest BCUT2D eigenvalue weighted by molar-refractivity contribution is 5.82. The van der Waals surface area contributed by atoms with Crippen molar-refractivity contribution in [3.63, 3.8) is 0 Å². The lowest BCUT2D eigenvalue weighted by Crippen LogP contribution is -2.58. The molecule has 0 unspecified atom stereocenters. The minimum Gasteiger partial charge on any atom is -0.365 e. The number of Topliss-reactive ketones (excluding diaryl/α,β-unsaturated/α-hetero) is 2. The Hall–Kier alpha value is -0.700. The number of epoxide rings is 1. The standard InChI is InChI=1S/C21H30O3/c1-12(22)15-4-5-16-14-10-18-21(24-18)11-13(23)6-9-20(21,3)17(14)7-8-19(15,16)2/h14-18H,4-11H2,1-3H3/t14-,15+,16-,17-,18-,19+,20+,21-/m0/s1. The molecule has 1 spiro atoms. The zero-order valence-electron chi connectivity index (χ0n) is 15.3. The highest BCUT2D eigenvalue weighted by atomic mass is 16.6. The van der Waals surface area contributed by atoms with Crippen molar-refractivity contribution in [1.82, 2.24) is 0 Å². The van der Waals surface area contributed by atoms with Crippen molar-refractivity contribution in [2.45, 2.75) is 83.8 Å². The van der Waals surface area contributed by atoms with Gasteiger partial charge >= 0.3 is 0 Å². The molecule has 1 aliphatic heterocycles. The molecule has 5 aliphatic rings. The van der Waals surface area contributed by atoms with Crippen molar-refractivity contribution >= 4 is 11.6 Å². The second-order valence-electron chi connectivity index (χ2n) is 10.0. The molecular weight excluding hydrogens is 300 g/mol. The molecule has 1 saturated heterocycles.